The molecule has 0 saturated carbocycles. The minimum Gasteiger partial charge on any atom is -0.444 e. The van der Waals surface area contributed by atoms with Crippen LogP contribution < -0.4 is 0 Å². The average Bonchev–Trinajstić information content (AvgIpc) is 3.02. The van der Waals surface area contributed by atoms with Crippen LogP contribution in [-0.4, -0.2) is 46.4 Å². The number of likely N-dealkylation sites (tertiary alicyclic amines) is 1. The lowest BCUT2D eigenvalue weighted by Gasteiger charge is -2.29. The summed E-state index contributed by atoms with van der Waals surface area (Å²) in [6.45, 7) is 7.76. The van der Waals surface area contributed by atoms with E-state index >= 15 is 0 Å². The lowest BCUT2D eigenvalue weighted by atomic mass is 10.1. The molecule has 1 aliphatic rings. The normalized spacial score (nSPS) is 19.0. The smallest absolute Gasteiger partial charge is 0.410 e. The van der Waals surface area contributed by atoms with E-state index in [1.165, 1.54) is 0 Å². The summed E-state index contributed by atoms with van der Waals surface area (Å²) in [5.74, 6) is 0. The fraction of sp³-hybridized carbons (Fsp3) is 0.733. The van der Waals surface area contributed by atoms with Gasteiger partial charge in [0, 0.05) is 20.2 Å². The van der Waals surface area contributed by atoms with E-state index in [1.807, 2.05) is 31.9 Å². The SMILES string of the molecule is COCCn1cncc1C1CCCN1C(=O)OC(C)(C)C. The number of carbonyl (C=O) groups excluding carboxylic acids is 1. The number of carbonyl (C=O) groups is 1. The van der Waals surface area contributed by atoms with Crippen molar-refractivity contribution in [2.75, 3.05) is 20.3 Å². The van der Waals surface area contributed by atoms with E-state index in [2.05, 4.69) is 9.55 Å². The Balaban J connectivity index is 2.11. The molecule has 1 aliphatic heterocycles. The summed E-state index contributed by atoms with van der Waals surface area (Å²) >= 11 is 0. The van der Waals surface area contributed by atoms with Crippen LogP contribution in [0.3, 0.4) is 0 Å². The highest BCUT2D eigenvalue weighted by atomic mass is 16.6. The van der Waals surface area contributed by atoms with E-state index in [0.717, 1.165) is 31.6 Å². The monoisotopic (exact) mass is 295 g/mol. The van der Waals surface area contributed by atoms with Gasteiger partial charge in [-0.15, -0.1) is 0 Å². The number of hydrogen-bond donors (Lipinski definition) is 0. The van der Waals surface area contributed by atoms with Crippen LogP contribution in [0, 0.1) is 0 Å². The molecular formula is C15H25N3O3. The molecule has 118 valence electrons. The van der Waals surface area contributed by atoms with Crippen LogP contribution in [0.5, 0.6) is 0 Å². The van der Waals surface area contributed by atoms with Gasteiger partial charge in [0.1, 0.15) is 5.60 Å². The van der Waals surface area contributed by atoms with Crippen LogP contribution in [0.25, 0.3) is 0 Å². The third-order valence-corrected chi connectivity index (χ3v) is 3.50. The standard InChI is InChI=1S/C15H25N3O3/c1-15(2,3)21-14(19)18-7-5-6-12(18)13-10-16-11-17(13)8-9-20-4/h10-12H,5-9H2,1-4H3. The van der Waals surface area contributed by atoms with Gasteiger partial charge in [0.25, 0.3) is 0 Å². The fourth-order valence-corrected chi connectivity index (χ4v) is 2.60. The first-order valence-electron chi connectivity index (χ1n) is 7.41. The molecule has 6 nitrogen and oxygen atoms in total. The molecule has 6 heteroatoms. The zero-order valence-corrected chi connectivity index (χ0v) is 13.3. The van der Waals surface area contributed by atoms with Crippen molar-refractivity contribution in [3.05, 3.63) is 18.2 Å². The molecule has 1 atom stereocenters. The van der Waals surface area contributed by atoms with Gasteiger partial charge in [-0.3, -0.25) is 4.90 Å². The molecule has 1 aromatic heterocycles. The molecule has 0 aromatic carbocycles. The van der Waals surface area contributed by atoms with Gasteiger partial charge >= 0.3 is 6.09 Å². The highest BCUT2D eigenvalue weighted by Crippen LogP contribution is 2.33. The largest absolute Gasteiger partial charge is 0.444 e. The molecule has 1 amide bonds. The van der Waals surface area contributed by atoms with E-state index in [4.69, 9.17) is 9.47 Å². The predicted molar refractivity (Wildman–Crippen MR) is 79.0 cm³/mol. The Bertz CT molecular complexity index is 479. The van der Waals surface area contributed by atoms with Crippen molar-refractivity contribution < 1.29 is 14.3 Å². The van der Waals surface area contributed by atoms with E-state index in [0.29, 0.717) is 6.61 Å². The summed E-state index contributed by atoms with van der Waals surface area (Å²) in [5.41, 5.74) is 0.580. The highest BCUT2D eigenvalue weighted by Gasteiger charge is 2.34. The lowest BCUT2D eigenvalue weighted by molar-refractivity contribution is 0.0218. The number of imidazole rings is 1. The first-order valence-corrected chi connectivity index (χ1v) is 7.41. The maximum Gasteiger partial charge on any atom is 0.410 e. The average molecular weight is 295 g/mol. The number of amides is 1. The Hall–Kier alpha value is -1.56. The Morgan fingerprint density at radius 3 is 2.90 bits per heavy atom. The third-order valence-electron chi connectivity index (χ3n) is 3.50. The molecule has 1 aromatic rings. The van der Waals surface area contributed by atoms with Crippen molar-refractivity contribution in [2.24, 2.45) is 0 Å². The molecule has 0 radical (unpaired) electrons. The van der Waals surface area contributed by atoms with Crippen molar-refractivity contribution >= 4 is 6.09 Å². The van der Waals surface area contributed by atoms with Gasteiger partial charge in [-0.1, -0.05) is 0 Å². The zero-order chi connectivity index (χ0) is 15.5. The van der Waals surface area contributed by atoms with Crippen molar-refractivity contribution in [2.45, 2.75) is 51.8 Å². The molecule has 2 heterocycles. The Morgan fingerprint density at radius 2 is 2.24 bits per heavy atom. The second kappa shape index (κ2) is 6.47. The van der Waals surface area contributed by atoms with Crippen LogP contribution in [-0.2, 0) is 16.0 Å². The van der Waals surface area contributed by atoms with E-state index < -0.39 is 5.60 Å². The predicted octanol–water partition coefficient (Wildman–Crippen LogP) is 2.60. The van der Waals surface area contributed by atoms with Crippen LogP contribution in [0.15, 0.2) is 12.5 Å². The van der Waals surface area contributed by atoms with Gasteiger partial charge in [-0.2, -0.15) is 0 Å². The van der Waals surface area contributed by atoms with Gasteiger partial charge in [0.15, 0.2) is 0 Å². The number of nitrogens with zero attached hydrogens (tertiary/aromatic N) is 3. The van der Waals surface area contributed by atoms with Crippen LogP contribution in [0.1, 0.15) is 45.3 Å². The molecule has 0 aliphatic carbocycles. The second-order valence-electron chi connectivity index (χ2n) is 6.34. The molecular weight excluding hydrogens is 270 g/mol. The van der Waals surface area contributed by atoms with Crippen LogP contribution >= 0.6 is 0 Å². The number of rotatable bonds is 4. The maximum atomic E-state index is 12.3. The van der Waals surface area contributed by atoms with Crippen LogP contribution in [0.2, 0.25) is 0 Å². The first-order chi connectivity index (χ1) is 9.92. The van der Waals surface area contributed by atoms with Gasteiger partial charge in [0.2, 0.25) is 0 Å². The minimum atomic E-state index is -0.472. The fourth-order valence-electron chi connectivity index (χ4n) is 2.60. The van der Waals surface area contributed by atoms with E-state index in [-0.39, 0.29) is 12.1 Å². The Labute approximate surface area is 126 Å². The molecule has 1 unspecified atom stereocenters. The Kier molecular flexibility index (Phi) is 4.88. The number of methoxy groups -OCH3 is 1. The van der Waals surface area contributed by atoms with Gasteiger partial charge in [-0.05, 0) is 33.6 Å². The lowest BCUT2D eigenvalue weighted by Crippen LogP contribution is -2.37. The number of hydrogen-bond acceptors (Lipinski definition) is 4. The van der Waals surface area contributed by atoms with Gasteiger partial charge in [-0.25, -0.2) is 9.78 Å². The maximum absolute atomic E-state index is 12.3. The highest BCUT2D eigenvalue weighted by molar-refractivity contribution is 5.69. The molecule has 1 saturated heterocycles. The molecule has 0 N–H and O–H groups in total. The summed E-state index contributed by atoms with van der Waals surface area (Å²) in [6, 6.07) is 0.0409. The third kappa shape index (κ3) is 3.97. The molecule has 2 rings (SSSR count). The van der Waals surface area contributed by atoms with Crippen molar-refractivity contribution in [3.8, 4) is 0 Å². The van der Waals surface area contributed by atoms with Gasteiger partial charge in [0.05, 0.1) is 30.9 Å². The number of ether oxygens (including phenoxy) is 2. The summed E-state index contributed by atoms with van der Waals surface area (Å²) < 4.78 is 12.7. The van der Waals surface area contributed by atoms with Gasteiger partial charge < -0.3 is 14.0 Å². The Morgan fingerprint density at radius 1 is 1.48 bits per heavy atom. The summed E-state index contributed by atoms with van der Waals surface area (Å²) in [5, 5.41) is 0. The molecule has 0 spiro atoms. The molecule has 0 bridgehead atoms. The summed E-state index contributed by atoms with van der Waals surface area (Å²) in [4.78, 5) is 18.4. The molecule has 21 heavy (non-hydrogen) atoms. The van der Waals surface area contributed by atoms with Crippen LogP contribution in [0.4, 0.5) is 4.79 Å². The van der Waals surface area contributed by atoms with Crippen molar-refractivity contribution in [1.82, 2.24) is 14.5 Å². The van der Waals surface area contributed by atoms with E-state index in [9.17, 15) is 4.79 Å². The summed E-state index contributed by atoms with van der Waals surface area (Å²) in [6.07, 6.45) is 5.31. The zero-order valence-electron chi connectivity index (χ0n) is 13.3. The minimum absolute atomic E-state index is 0.0409. The topological polar surface area (TPSA) is 56.6 Å². The van der Waals surface area contributed by atoms with Crippen molar-refractivity contribution in [3.63, 3.8) is 0 Å². The quantitative estimate of drug-likeness (QED) is 0.856. The summed E-state index contributed by atoms with van der Waals surface area (Å²) in [7, 11) is 1.68. The number of aromatic nitrogens is 2. The first kappa shape index (κ1) is 15.8. The molecule has 1 fully saturated rings. The van der Waals surface area contributed by atoms with Crippen molar-refractivity contribution in [1.29, 1.82) is 0 Å². The second-order valence-corrected chi connectivity index (χ2v) is 6.34. The van der Waals surface area contributed by atoms with E-state index in [1.54, 1.807) is 13.4 Å².